The van der Waals surface area contributed by atoms with Gasteiger partial charge in [0.25, 0.3) is 11.1 Å². The number of aryl methyl sites for hydroxylation is 2. The Labute approximate surface area is 195 Å². The molecule has 4 aromatic rings. The quantitative estimate of drug-likeness (QED) is 0.313. The summed E-state index contributed by atoms with van der Waals surface area (Å²) in [5.74, 6) is 2.83. The highest BCUT2D eigenvalue weighted by Gasteiger charge is 2.23. The molecule has 33 heavy (non-hydrogen) atoms. The normalized spacial score (nSPS) is 12.0. The third-order valence-electron chi connectivity index (χ3n) is 4.89. The van der Waals surface area contributed by atoms with Gasteiger partial charge < -0.3 is 13.3 Å². The number of hydrogen-bond acceptors (Lipinski definition) is 10. The molecule has 3 heterocycles. The zero-order valence-electron chi connectivity index (χ0n) is 18.6. The molecule has 3 aromatic heterocycles. The molecule has 10 nitrogen and oxygen atoms in total. The largest absolute Gasteiger partial charge is 0.466 e. The Kier molecular flexibility index (Phi) is 6.68. The van der Waals surface area contributed by atoms with Gasteiger partial charge in [-0.3, -0.25) is 0 Å². The number of aromatic nitrogens is 4. The van der Waals surface area contributed by atoms with E-state index in [-0.39, 0.29) is 10.8 Å². The molecule has 0 bridgehead atoms. The van der Waals surface area contributed by atoms with Crippen molar-refractivity contribution >= 4 is 21.8 Å². The lowest BCUT2D eigenvalue weighted by Gasteiger charge is -2.18. The third kappa shape index (κ3) is 4.87. The second kappa shape index (κ2) is 9.49. The Bertz CT molecular complexity index is 1350. The van der Waals surface area contributed by atoms with E-state index in [0.29, 0.717) is 47.2 Å². The molecule has 0 atom stereocenters. The van der Waals surface area contributed by atoms with Gasteiger partial charge in [-0.05, 0) is 38.1 Å². The van der Waals surface area contributed by atoms with Gasteiger partial charge in [0, 0.05) is 18.7 Å². The molecule has 0 aliphatic carbocycles. The molecule has 12 heteroatoms. The van der Waals surface area contributed by atoms with Crippen LogP contribution in [0.5, 0.6) is 0 Å². The summed E-state index contributed by atoms with van der Waals surface area (Å²) in [6.07, 6.45) is 0. The van der Waals surface area contributed by atoms with Gasteiger partial charge in [-0.1, -0.05) is 31.7 Å². The standard InChI is InChI=1S/C21H23N5O5S2/c1-5-26(6-2)33(27,28)16-9-7-8-15(11-16)19-23-25-21(31-19)32-12-18-22-24-20(30-18)17-10-13(3)29-14(17)4/h7-11H,5-6,12H2,1-4H3. The summed E-state index contributed by atoms with van der Waals surface area (Å²) in [6.45, 7) is 8.07. The SMILES string of the molecule is CCN(CC)S(=O)(=O)c1cccc(-c2nnc(SCc3nnc(-c4cc(C)oc4C)o3)o2)c1. The van der Waals surface area contributed by atoms with Gasteiger partial charge in [0.1, 0.15) is 11.5 Å². The highest BCUT2D eigenvalue weighted by molar-refractivity contribution is 7.98. The summed E-state index contributed by atoms with van der Waals surface area (Å²) in [5, 5.41) is 16.5. The fourth-order valence-electron chi connectivity index (χ4n) is 3.27. The molecule has 0 saturated carbocycles. The van der Waals surface area contributed by atoms with E-state index in [2.05, 4.69) is 20.4 Å². The van der Waals surface area contributed by atoms with Crippen LogP contribution in [0.1, 0.15) is 31.3 Å². The van der Waals surface area contributed by atoms with Crippen LogP contribution in [-0.4, -0.2) is 46.2 Å². The molecular weight excluding hydrogens is 466 g/mol. The van der Waals surface area contributed by atoms with Gasteiger partial charge in [-0.2, -0.15) is 4.31 Å². The lowest BCUT2D eigenvalue weighted by Crippen LogP contribution is -2.30. The molecule has 0 radical (unpaired) electrons. The minimum absolute atomic E-state index is 0.180. The Hall–Kier alpha value is -2.96. The topological polar surface area (TPSA) is 128 Å². The molecule has 0 unspecified atom stereocenters. The minimum atomic E-state index is -3.59. The lowest BCUT2D eigenvalue weighted by molar-refractivity contribution is 0.445. The van der Waals surface area contributed by atoms with E-state index >= 15 is 0 Å². The molecule has 0 amide bonds. The predicted molar refractivity (Wildman–Crippen MR) is 121 cm³/mol. The molecule has 174 valence electrons. The Morgan fingerprint density at radius 2 is 1.70 bits per heavy atom. The van der Waals surface area contributed by atoms with Crippen molar-refractivity contribution in [2.24, 2.45) is 0 Å². The van der Waals surface area contributed by atoms with E-state index in [1.165, 1.54) is 22.1 Å². The number of furan rings is 1. The highest BCUT2D eigenvalue weighted by atomic mass is 32.2. The summed E-state index contributed by atoms with van der Waals surface area (Å²) >= 11 is 1.24. The van der Waals surface area contributed by atoms with Crippen molar-refractivity contribution in [3.8, 4) is 22.9 Å². The fourth-order valence-corrected chi connectivity index (χ4v) is 5.38. The predicted octanol–water partition coefficient (Wildman–Crippen LogP) is 4.32. The van der Waals surface area contributed by atoms with Crippen LogP contribution in [0.2, 0.25) is 0 Å². The van der Waals surface area contributed by atoms with Gasteiger partial charge in [0.2, 0.25) is 21.8 Å². The molecular formula is C21H23N5O5S2. The fraction of sp³-hybridized carbons (Fsp3) is 0.333. The van der Waals surface area contributed by atoms with Crippen molar-refractivity contribution in [2.45, 2.75) is 43.6 Å². The van der Waals surface area contributed by atoms with Crippen molar-refractivity contribution in [3.63, 3.8) is 0 Å². The summed E-state index contributed by atoms with van der Waals surface area (Å²) in [4.78, 5) is 0.180. The van der Waals surface area contributed by atoms with Crippen LogP contribution in [-0.2, 0) is 15.8 Å². The van der Waals surface area contributed by atoms with E-state index in [1.807, 2.05) is 19.9 Å². The van der Waals surface area contributed by atoms with E-state index in [0.717, 1.165) is 11.3 Å². The van der Waals surface area contributed by atoms with Gasteiger partial charge in [-0.25, -0.2) is 8.42 Å². The second-order valence-corrected chi connectivity index (χ2v) is 9.97. The zero-order chi connectivity index (χ0) is 23.6. The maximum Gasteiger partial charge on any atom is 0.277 e. The summed E-state index contributed by atoms with van der Waals surface area (Å²) in [7, 11) is -3.59. The highest BCUT2D eigenvalue weighted by Crippen LogP contribution is 2.29. The van der Waals surface area contributed by atoms with Gasteiger partial charge in [0.05, 0.1) is 16.2 Å². The second-order valence-electron chi connectivity index (χ2n) is 7.11. The Balaban J connectivity index is 1.47. The molecule has 1 aromatic carbocycles. The van der Waals surface area contributed by atoms with E-state index in [9.17, 15) is 8.42 Å². The average molecular weight is 490 g/mol. The maximum absolute atomic E-state index is 12.8. The molecule has 0 saturated heterocycles. The van der Waals surface area contributed by atoms with Crippen LogP contribution >= 0.6 is 11.8 Å². The zero-order valence-corrected chi connectivity index (χ0v) is 20.2. The van der Waals surface area contributed by atoms with Crippen LogP contribution in [0.15, 0.2) is 53.7 Å². The third-order valence-corrected chi connectivity index (χ3v) is 7.74. The lowest BCUT2D eigenvalue weighted by atomic mass is 10.2. The summed E-state index contributed by atoms with van der Waals surface area (Å²) in [5.41, 5.74) is 1.28. The number of benzene rings is 1. The molecule has 0 fully saturated rings. The van der Waals surface area contributed by atoms with E-state index in [1.54, 1.807) is 32.0 Å². The first-order chi connectivity index (χ1) is 15.8. The van der Waals surface area contributed by atoms with Crippen molar-refractivity contribution < 1.29 is 21.7 Å². The van der Waals surface area contributed by atoms with E-state index in [4.69, 9.17) is 13.3 Å². The Morgan fingerprint density at radius 1 is 0.939 bits per heavy atom. The first-order valence-corrected chi connectivity index (χ1v) is 12.7. The molecule has 0 aliphatic rings. The first-order valence-electron chi connectivity index (χ1n) is 10.3. The summed E-state index contributed by atoms with van der Waals surface area (Å²) < 4.78 is 43.9. The van der Waals surface area contributed by atoms with Gasteiger partial charge in [-0.15, -0.1) is 20.4 Å². The van der Waals surface area contributed by atoms with Gasteiger partial charge >= 0.3 is 0 Å². The molecule has 0 spiro atoms. The van der Waals surface area contributed by atoms with Crippen molar-refractivity contribution in [1.29, 1.82) is 0 Å². The van der Waals surface area contributed by atoms with E-state index < -0.39 is 10.0 Å². The number of sulfonamides is 1. The number of hydrogen-bond donors (Lipinski definition) is 0. The van der Waals surface area contributed by atoms with Crippen molar-refractivity contribution in [2.75, 3.05) is 13.1 Å². The van der Waals surface area contributed by atoms with Crippen molar-refractivity contribution in [1.82, 2.24) is 24.7 Å². The van der Waals surface area contributed by atoms with Crippen LogP contribution in [0, 0.1) is 13.8 Å². The van der Waals surface area contributed by atoms with Crippen LogP contribution in [0.25, 0.3) is 22.9 Å². The van der Waals surface area contributed by atoms with Gasteiger partial charge in [0.15, 0.2) is 0 Å². The number of rotatable bonds is 9. The molecule has 0 aliphatic heterocycles. The number of thioether (sulfide) groups is 1. The summed E-state index contributed by atoms with van der Waals surface area (Å²) in [6, 6.07) is 8.32. The van der Waals surface area contributed by atoms with Crippen LogP contribution in [0.3, 0.4) is 0 Å². The minimum Gasteiger partial charge on any atom is -0.466 e. The van der Waals surface area contributed by atoms with Crippen molar-refractivity contribution in [3.05, 3.63) is 47.7 Å². The smallest absolute Gasteiger partial charge is 0.277 e. The maximum atomic E-state index is 12.8. The first kappa shape index (κ1) is 23.2. The Morgan fingerprint density at radius 3 is 2.39 bits per heavy atom. The van der Waals surface area contributed by atoms with Crippen LogP contribution < -0.4 is 0 Å². The monoisotopic (exact) mass is 489 g/mol. The number of nitrogens with zero attached hydrogens (tertiary/aromatic N) is 5. The average Bonchev–Trinajstić information content (AvgIpc) is 3.53. The molecule has 0 N–H and O–H groups in total. The van der Waals surface area contributed by atoms with Crippen LogP contribution in [0.4, 0.5) is 0 Å². The molecule has 4 rings (SSSR count).